The molecule has 0 aliphatic heterocycles. The number of rotatable bonds is 3. The van der Waals surface area contributed by atoms with Crippen molar-refractivity contribution in [1.29, 1.82) is 0 Å². The number of anilines is 1. The summed E-state index contributed by atoms with van der Waals surface area (Å²) in [6, 6.07) is 13.6. The molecule has 0 radical (unpaired) electrons. The Bertz CT molecular complexity index is 602. The maximum Gasteiger partial charge on any atom is 0.272 e. The second-order valence-corrected chi connectivity index (χ2v) is 4.32. The highest BCUT2D eigenvalue weighted by Crippen LogP contribution is 2.21. The largest absolute Gasteiger partial charge is 0.497 e. The van der Waals surface area contributed by atoms with E-state index in [1.165, 1.54) is 0 Å². The Labute approximate surface area is 116 Å². The molecule has 0 spiro atoms. The average molecular weight is 277 g/mol. The van der Waals surface area contributed by atoms with Crippen molar-refractivity contribution >= 4 is 23.2 Å². The number of hydrogen-bond acceptors (Lipinski definition) is 3. The van der Waals surface area contributed by atoms with E-state index in [1.807, 2.05) is 0 Å². The first-order valence-corrected chi connectivity index (χ1v) is 5.98. The minimum atomic E-state index is -0.337. The molecule has 0 aliphatic rings. The molecule has 0 atom stereocenters. The Morgan fingerprint density at radius 1 is 1.21 bits per heavy atom. The van der Waals surface area contributed by atoms with E-state index in [-0.39, 0.29) is 5.91 Å². The van der Waals surface area contributed by atoms with Crippen LogP contribution in [0.1, 0.15) is 10.4 Å². The minimum absolute atomic E-state index is 0.337. The summed E-state index contributed by atoms with van der Waals surface area (Å²) in [4.78, 5) is 12.2. The molecule has 0 aromatic heterocycles. The quantitative estimate of drug-likeness (QED) is 0.533. The van der Waals surface area contributed by atoms with Crippen LogP contribution in [0.15, 0.2) is 48.5 Å². The van der Waals surface area contributed by atoms with Crippen LogP contribution in [0.2, 0.25) is 5.02 Å². The number of carbonyl (C=O) groups is 1. The van der Waals surface area contributed by atoms with E-state index >= 15 is 0 Å². The number of hydrogen-bond donors (Lipinski definition) is 1. The number of benzene rings is 2. The number of methoxy groups -OCH3 is 1. The molecule has 5 heteroatoms. The smallest absolute Gasteiger partial charge is 0.272 e. The zero-order valence-electron chi connectivity index (χ0n) is 10.3. The first kappa shape index (κ1) is 13.4. The summed E-state index contributed by atoms with van der Waals surface area (Å²) in [7, 11) is 1.55. The Kier molecular flexibility index (Phi) is 4.04. The fourth-order valence-corrected chi connectivity index (χ4v) is 1.83. The van der Waals surface area contributed by atoms with Crippen LogP contribution < -0.4 is 15.6 Å². The van der Waals surface area contributed by atoms with E-state index in [0.29, 0.717) is 22.0 Å². The summed E-state index contributed by atoms with van der Waals surface area (Å²) in [6.07, 6.45) is 0. The number of halogens is 1. The Morgan fingerprint density at radius 2 is 1.95 bits per heavy atom. The second kappa shape index (κ2) is 5.73. The van der Waals surface area contributed by atoms with E-state index in [9.17, 15) is 4.79 Å². The third kappa shape index (κ3) is 3.05. The third-order valence-corrected chi connectivity index (χ3v) is 2.86. The van der Waals surface area contributed by atoms with Crippen molar-refractivity contribution in [3.05, 3.63) is 59.1 Å². The molecule has 1 amide bonds. The molecule has 0 unspecified atom stereocenters. The molecule has 2 rings (SSSR count). The van der Waals surface area contributed by atoms with Gasteiger partial charge in [0.05, 0.1) is 12.8 Å². The van der Waals surface area contributed by atoms with Gasteiger partial charge in [0.25, 0.3) is 5.91 Å². The molecule has 0 saturated carbocycles. The highest BCUT2D eigenvalue weighted by atomic mass is 35.5. The molecule has 98 valence electrons. The number of nitrogens with zero attached hydrogens (tertiary/aromatic N) is 1. The van der Waals surface area contributed by atoms with Crippen LogP contribution in [0.5, 0.6) is 5.75 Å². The molecule has 4 nitrogen and oxygen atoms in total. The summed E-state index contributed by atoms with van der Waals surface area (Å²) in [5, 5.41) is 1.55. The van der Waals surface area contributed by atoms with Crippen LogP contribution in [0.4, 0.5) is 5.69 Å². The molecule has 2 aromatic carbocycles. The van der Waals surface area contributed by atoms with Gasteiger partial charge in [-0.1, -0.05) is 23.7 Å². The van der Waals surface area contributed by atoms with Crippen LogP contribution in [0.25, 0.3) is 0 Å². The van der Waals surface area contributed by atoms with E-state index in [4.69, 9.17) is 22.2 Å². The molecule has 0 aliphatic carbocycles. The summed E-state index contributed by atoms with van der Waals surface area (Å²) >= 11 is 5.86. The summed E-state index contributed by atoms with van der Waals surface area (Å²) < 4.78 is 5.09. The maximum atomic E-state index is 12.2. The van der Waals surface area contributed by atoms with Gasteiger partial charge in [-0.25, -0.2) is 10.9 Å². The second-order valence-electron chi connectivity index (χ2n) is 3.89. The van der Waals surface area contributed by atoms with Crippen molar-refractivity contribution < 1.29 is 9.53 Å². The van der Waals surface area contributed by atoms with Gasteiger partial charge in [0.15, 0.2) is 0 Å². The van der Waals surface area contributed by atoms with Gasteiger partial charge in [-0.15, -0.1) is 0 Å². The summed E-state index contributed by atoms with van der Waals surface area (Å²) in [6.45, 7) is 0. The molecule has 2 N–H and O–H groups in total. The summed E-state index contributed by atoms with van der Waals surface area (Å²) in [5.41, 5.74) is 0.974. The molecule has 0 bridgehead atoms. The van der Waals surface area contributed by atoms with Gasteiger partial charge in [0.1, 0.15) is 5.75 Å². The van der Waals surface area contributed by atoms with Crippen molar-refractivity contribution in [1.82, 2.24) is 0 Å². The Balaban J connectivity index is 2.28. The van der Waals surface area contributed by atoms with E-state index in [0.717, 1.165) is 5.01 Å². The van der Waals surface area contributed by atoms with Crippen molar-refractivity contribution in [2.45, 2.75) is 0 Å². The lowest BCUT2D eigenvalue weighted by Gasteiger charge is -2.17. The molecular weight excluding hydrogens is 264 g/mol. The predicted molar refractivity (Wildman–Crippen MR) is 75.4 cm³/mol. The molecular formula is C14H13ClN2O2. The monoisotopic (exact) mass is 276 g/mol. The van der Waals surface area contributed by atoms with E-state index in [2.05, 4.69) is 0 Å². The Hall–Kier alpha value is -2.04. The molecule has 0 saturated heterocycles. The molecule has 19 heavy (non-hydrogen) atoms. The number of carbonyl (C=O) groups excluding carboxylic acids is 1. The topological polar surface area (TPSA) is 55.6 Å². The summed E-state index contributed by atoms with van der Waals surface area (Å²) in [5.74, 6) is 6.12. The molecule has 0 heterocycles. The van der Waals surface area contributed by atoms with Crippen molar-refractivity contribution in [2.24, 2.45) is 5.84 Å². The highest BCUT2D eigenvalue weighted by molar-refractivity contribution is 6.31. The van der Waals surface area contributed by atoms with Crippen LogP contribution in [0.3, 0.4) is 0 Å². The van der Waals surface area contributed by atoms with Gasteiger partial charge in [0.2, 0.25) is 0 Å². The third-order valence-electron chi connectivity index (χ3n) is 2.62. The normalized spacial score (nSPS) is 10.1. The highest BCUT2D eigenvalue weighted by Gasteiger charge is 2.14. The number of nitrogens with two attached hydrogens (primary N) is 1. The average Bonchev–Trinajstić information content (AvgIpc) is 2.45. The Morgan fingerprint density at radius 3 is 2.63 bits per heavy atom. The fraction of sp³-hybridized carbons (Fsp3) is 0.0714. The maximum absolute atomic E-state index is 12.2. The lowest BCUT2D eigenvalue weighted by molar-refractivity contribution is 0.0987. The van der Waals surface area contributed by atoms with Gasteiger partial charge in [-0.3, -0.25) is 4.79 Å². The standard InChI is InChI=1S/C14H13ClN2O2/c1-19-13-7-3-6-12(9-13)17(16)14(18)10-4-2-5-11(15)8-10/h2-9H,16H2,1H3. The first-order valence-electron chi connectivity index (χ1n) is 5.60. The minimum Gasteiger partial charge on any atom is -0.497 e. The number of ether oxygens (including phenoxy) is 1. The van der Waals surface area contributed by atoms with Gasteiger partial charge in [0, 0.05) is 16.7 Å². The van der Waals surface area contributed by atoms with Crippen molar-refractivity contribution in [3.63, 3.8) is 0 Å². The van der Waals surface area contributed by atoms with Gasteiger partial charge >= 0.3 is 0 Å². The van der Waals surface area contributed by atoms with Gasteiger partial charge in [-0.2, -0.15) is 0 Å². The lowest BCUT2D eigenvalue weighted by atomic mass is 10.2. The van der Waals surface area contributed by atoms with E-state index in [1.54, 1.807) is 55.6 Å². The number of amides is 1. The van der Waals surface area contributed by atoms with Crippen LogP contribution in [-0.2, 0) is 0 Å². The zero-order chi connectivity index (χ0) is 13.8. The lowest BCUT2D eigenvalue weighted by Crippen LogP contribution is -2.37. The fourth-order valence-electron chi connectivity index (χ4n) is 1.64. The van der Waals surface area contributed by atoms with Crippen LogP contribution in [0, 0.1) is 0 Å². The van der Waals surface area contributed by atoms with Crippen LogP contribution in [-0.4, -0.2) is 13.0 Å². The molecule has 0 fully saturated rings. The zero-order valence-corrected chi connectivity index (χ0v) is 11.1. The van der Waals surface area contributed by atoms with Gasteiger partial charge < -0.3 is 4.74 Å². The van der Waals surface area contributed by atoms with Gasteiger partial charge in [-0.05, 0) is 30.3 Å². The van der Waals surface area contributed by atoms with Crippen molar-refractivity contribution in [3.8, 4) is 5.75 Å². The molecule has 2 aromatic rings. The predicted octanol–water partition coefficient (Wildman–Crippen LogP) is 2.87. The van der Waals surface area contributed by atoms with Crippen LogP contribution >= 0.6 is 11.6 Å². The van der Waals surface area contributed by atoms with E-state index < -0.39 is 0 Å². The number of hydrazine groups is 1. The van der Waals surface area contributed by atoms with Crippen molar-refractivity contribution in [2.75, 3.05) is 12.1 Å². The SMILES string of the molecule is COc1cccc(N(N)C(=O)c2cccc(Cl)c2)c1. The first-order chi connectivity index (χ1) is 9.11.